The van der Waals surface area contributed by atoms with Crippen molar-refractivity contribution in [3.63, 3.8) is 0 Å². The fraction of sp³-hybridized carbons (Fsp3) is 0.231. The first kappa shape index (κ1) is 13.8. The molecular weight excluding hydrogens is 234 g/mol. The maximum Gasteiger partial charge on any atom is 0.326 e. The van der Waals surface area contributed by atoms with Gasteiger partial charge in [0, 0.05) is 5.56 Å². The van der Waals surface area contributed by atoms with Crippen LogP contribution in [0.2, 0.25) is 0 Å². The molecule has 1 rings (SSSR count). The largest absolute Gasteiger partial charge is 0.497 e. The van der Waals surface area contributed by atoms with Crippen LogP contribution in [0.4, 0.5) is 0 Å². The molecule has 0 aliphatic heterocycles. The quantitative estimate of drug-likeness (QED) is 0.748. The van der Waals surface area contributed by atoms with Gasteiger partial charge in [-0.2, -0.15) is 0 Å². The van der Waals surface area contributed by atoms with Crippen molar-refractivity contribution in [2.24, 2.45) is 0 Å². The summed E-state index contributed by atoms with van der Waals surface area (Å²) in [6.07, 6.45) is 1.63. The van der Waals surface area contributed by atoms with Gasteiger partial charge in [0.2, 0.25) is 0 Å². The van der Waals surface area contributed by atoms with Gasteiger partial charge in [-0.15, -0.1) is 6.58 Å². The van der Waals surface area contributed by atoms with Crippen LogP contribution in [0.5, 0.6) is 5.75 Å². The third-order valence-electron chi connectivity index (χ3n) is 2.36. The molecule has 0 aliphatic rings. The first-order valence-corrected chi connectivity index (χ1v) is 5.37. The third kappa shape index (κ3) is 3.62. The first-order chi connectivity index (χ1) is 8.58. The van der Waals surface area contributed by atoms with Gasteiger partial charge < -0.3 is 15.2 Å². The highest BCUT2D eigenvalue weighted by molar-refractivity contribution is 5.96. The molecule has 1 aromatic carbocycles. The highest BCUT2D eigenvalue weighted by atomic mass is 16.5. The summed E-state index contributed by atoms with van der Waals surface area (Å²) >= 11 is 0. The molecule has 18 heavy (non-hydrogen) atoms. The number of hydrogen-bond acceptors (Lipinski definition) is 3. The second kappa shape index (κ2) is 6.44. The fourth-order valence-corrected chi connectivity index (χ4v) is 1.37. The van der Waals surface area contributed by atoms with E-state index in [-0.39, 0.29) is 6.42 Å². The number of rotatable bonds is 6. The fourth-order valence-electron chi connectivity index (χ4n) is 1.37. The number of nitrogens with one attached hydrogen (secondary N) is 1. The second-order valence-corrected chi connectivity index (χ2v) is 3.62. The number of aliphatic carboxylic acids is 1. The topological polar surface area (TPSA) is 75.6 Å². The van der Waals surface area contributed by atoms with E-state index >= 15 is 0 Å². The number of carboxylic acid groups (broad SMARTS) is 1. The van der Waals surface area contributed by atoms with E-state index in [4.69, 9.17) is 9.84 Å². The van der Waals surface area contributed by atoms with E-state index in [0.29, 0.717) is 11.3 Å². The summed E-state index contributed by atoms with van der Waals surface area (Å²) in [5, 5.41) is 11.3. The summed E-state index contributed by atoms with van der Waals surface area (Å²) in [7, 11) is 1.53. The highest BCUT2D eigenvalue weighted by Crippen LogP contribution is 2.11. The Morgan fingerprint density at radius 1 is 1.44 bits per heavy atom. The van der Waals surface area contributed by atoms with Crippen LogP contribution in [0.25, 0.3) is 0 Å². The Labute approximate surface area is 105 Å². The van der Waals surface area contributed by atoms with Crippen molar-refractivity contribution in [1.29, 1.82) is 0 Å². The Morgan fingerprint density at radius 2 is 2.06 bits per heavy atom. The SMILES string of the molecule is C=CC[C@H](NC(=O)c1ccc(OC)cc1)C(=O)O. The van der Waals surface area contributed by atoms with Gasteiger partial charge in [0.1, 0.15) is 11.8 Å². The van der Waals surface area contributed by atoms with Crippen molar-refractivity contribution in [3.05, 3.63) is 42.5 Å². The number of carbonyl (C=O) groups is 2. The van der Waals surface area contributed by atoms with Gasteiger partial charge in [-0.05, 0) is 30.7 Å². The normalized spacial score (nSPS) is 11.4. The molecule has 0 fully saturated rings. The number of carboxylic acids is 1. The highest BCUT2D eigenvalue weighted by Gasteiger charge is 2.18. The number of amides is 1. The maximum absolute atomic E-state index is 11.8. The van der Waals surface area contributed by atoms with E-state index in [9.17, 15) is 9.59 Å². The second-order valence-electron chi connectivity index (χ2n) is 3.62. The van der Waals surface area contributed by atoms with E-state index in [1.807, 2.05) is 0 Å². The number of ether oxygens (including phenoxy) is 1. The van der Waals surface area contributed by atoms with E-state index in [0.717, 1.165) is 0 Å². The van der Waals surface area contributed by atoms with Crippen molar-refractivity contribution in [2.45, 2.75) is 12.5 Å². The minimum absolute atomic E-state index is 0.178. The molecule has 0 aliphatic carbocycles. The average Bonchev–Trinajstić information content (AvgIpc) is 2.38. The average molecular weight is 249 g/mol. The van der Waals surface area contributed by atoms with Crippen LogP contribution in [0.15, 0.2) is 36.9 Å². The van der Waals surface area contributed by atoms with Crippen LogP contribution < -0.4 is 10.1 Å². The van der Waals surface area contributed by atoms with E-state index in [1.54, 1.807) is 24.3 Å². The summed E-state index contributed by atoms with van der Waals surface area (Å²) in [5.74, 6) is -0.893. The molecule has 96 valence electrons. The zero-order chi connectivity index (χ0) is 13.5. The van der Waals surface area contributed by atoms with Gasteiger partial charge in [-0.1, -0.05) is 6.08 Å². The Bertz CT molecular complexity index is 439. The van der Waals surface area contributed by atoms with E-state index in [1.165, 1.54) is 13.2 Å². The van der Waals surface area contributed by atoms with Gasteiger partial charge in [0.25, 0.3) is 5.91 Å². The monoisotopic (exact) mass is 249 g/mol. The standard InChI is InChI=1S/C13H15NO4/c1-3-4-11(13(16)17)14-12(15)9-5-7-10(18-2)8-6-9/h3,5-8,11H,1,4H2,2H3,(H,14,15)(H,16,17)/t11-/m0/s1. The lowest BCUT2D eigenvalue weighted by Gasteiger charge is -2.12. The van der Waals surface area contributed by atoms with Crippen molar-refractivity contribution in [3.8, 4) is 5.75 Å². The number of methoxy groups -OCH3 is 1. The molecule has 0 bridgehead atoms. The van der Waals surface area contributed by atoms with Crippen LogP contribution in [0, 0.1) is 0 Å². The van der Waals surface area contributed by atoms with Gasteiger partial charge in [-0.3, -0.25) is 4.79 Å². The molecule has 1 atom stereocenters. The van der Waals surface area contributed by atoms with Gasteiger partial charge in [-0.25, -0.2) is 4.79 Å². The number of hydrogen-bond donors (Lipinski definition) is 2. The summed E-state index contributed by atoms with van der Waals surface area (Å²) in [5.41, 5.74) is 0.381. The molecule has 1 amide bonds. The molecule has 2 N–H and O–H groups in total. The molecule has 0 spiro atoms. The Kier molecular flexibility index (Phi) is 4.92. The zero-order valence-electron chi connectivity index (χ0n) is 10.1. The predicted molar refractivity (Wildman–Crippen MR) is 66.7 cm³/mol. The molecule has 0 saturated heterocycles. The van der Waals surface area contributed by atoms with E-state index in [2.05, 4.69) is 11.9 Å². The van der Waals surface area contributed by atoms with E-state index < -0.39 is 17.9 Å². The Balaban J connectivity index is 2.73. The van der Waals surface area contributed by atoms with Gasteiger partial charge in [0.05, 0.1) is 7.11 Å². The van der Waals surface area contributed by atoms with Crippen LogP contribution in [0.3, 0.4) is 0 Å². The van der Waals surface area contributed by atoms with Crippen molar-refractivity contribution in [1.82, 2.24) is 5.32 Å². The molecule has 5 nitrogen and oxygen atoms in total. The molecular formula is C13H15NO4. The van der Waals surface area contributed by atoms with Crippen LogP contribution in [0.1, 0.15) is 16.8 Å². The van der Waals surface area contributed by atoms with Crippen LogP contribution >= 0.6 is 0 Å². The first-order valence-electron chi connectivity index (χ1n) is 5.37. The summed E-state index contributed by atoms with van der Waals surface area (Å²) in [4.78, 5) is 22.7. The Hall–Kier alpha value is -2.30. The lowest BCUT2D eigenvalue weighted by molar-refractivity contribution is -0.139. The molecule has 0 aromatic heterocycles. The van der Waals surface area contributed by atoms with Crippen LogP contribution in [-0.2, 0) is 4.79 Å². The predicted octanol–water partition coefficient (Wildman–Crippen LogP) is 1.45. The molecule has 0 heterocycles. The minimum Gasteiger partial charge on any atom is -0.497 e. The third-order valence-corrected chi connectivity index (χ3v) is 2.36. The smallest absolute Gasteiger partial charge is 0.326 e. The van der Waals surface area contributed by atoms with Gasteiger partial charge >= 0.3 is 5.97 Å². The molecule has 0 unspecified atom stereocenters. The van der Waals surface area contributed by atoms with Crippen molar-refractivity contribution >= 4 is 11.9 Å². The number of benzene rings is 1. The molecule has 1 aromatic rings. The lowest BCUT2D eigenvalue weighted by Crippen LogP contribution is -2.40. The lowest BCUT2D eigenvalue weighted by atomic mass is 10.1. The summed E-state index contributed by atoms with van der Waals surface area (Å²) in [6, 6.07) is 5.45. The van der Waals surface area contributed by atoms with Crippen LogP contribution in [-0.4, -0.2) is 30.1 Å². The number of carbonyl (C=O) groups excluding carboxylic acids is 1. The zero-order valence-corrected chi connectivity index (χ0v) is 10.1. The molecule has 0 saturated carbocycles. The maximum atomic E-state index is 11.8. The molecule has 0 radical (unpaired) electrons. The van der Waals surface area contributed by atoms with Crippen molar-refractivity contribution < 1.29 is 19.4 Å². The summed E-state index contributed by atoms with van der Waals surface area (Å²) in [6.45, 7) is 3.45. The van der Waals surface area contributed by atoms with Crippen molar-refractivity contribution in [2.75, 3.05) is 7.11 Å². The van der Waals surface area contributed by atoms with Gasteiger partial charge in [0.15, 0.2) is 0 Å². The Morgan fingerprint density at radius 3 is 2.50 bits per heavy atom. The minimum atomic E-state index is -1.09. The molecule has 5 heteroatoms. The summed E-state index contributed by atoms with van der Waals surface area (Å²) < 4.78 is 4.97.